The van der Waals surface area contributed by atoms with Gasteiger partial charge in [-0.3, -0.25) is 0 Å². The van der Waals surface area contributed by atoms with Crippen LogP contribution in [0.3, 0.4) is 0 Å². The van der Waals surface area contributed by atoms with Crippen LogP contribution in [0.4, 0.5) is 0 Å². The Balaban J connectivity index is 0.000000160. The van der Waals surface area contributed by atoms with Crippen LogP contribution >= 0.6 is 22.7 Å². The molecule has 0 amide bonds. The van der Waals surface area contributed by atoms with Crippen LogP contribution < -0.4 is 0 Å². The van der Waals surface area contributed by atoms with Gasteiger partial charge in [-0.15, -0.1) is 22.7 Å². The third-order valence-corrected chi connectivity index (χ3v) is 8.68. The lowest BCUT2D eigenvalue weighted by Gasteiger charge is -2.02. The van der Waals surface area contributed by atoms with Crippen molar-refractivity contribution in [3.63, 3.8) is 0 Å². The third kappa shape index (κ3) is 5.61. The monoisotopic (exact) mass is 552 g/mol. The number of rotatable bonds is 5. The van der Waals surface area contributed by atoms with Gasteiger partial charge in [0.2, 0.25) is 0 Å². The van der Waals surface area contributed by atoms with Crippen molar-refractivity contribution in [3.05, 3.63) is 106 Å². The molecular formula is C32H28N2O3S2. The van der Waals surface area contributed by atoms with E-state index in [0.29, 0.717) is 11.5 Å². The highest BCUT2D eigenvalue weighted by molar-refractivity contribution is 7.17. The van der Waals surface area contributed by atoms with Crippen molar-refractivity contribution in [3.8, 4) is 21.1 Å². The second kappa shape index (κ2) is 11.9. The smallest absolute Gasteiger partial charge is 0.350 e. The van der Waals surface area contributed by atoms with Crippen molar-refractivity contribution in [2.24, 2.45) is 0 Å². The Morgan fingerprint density at radius 2 is 1.26 bits per heavy atom. The van der Waals surface area contributed by atoms with E-state index in [1.165, 1.54) is 27.5 Å². The zero-order valence-corrected chi connectivity index (χ0v) is 23.6. The lowest BCUT2D eigenvalue weighted by Crippen LogP contribution is -2.03. The summed E-state index contributed by atoms with van der Waals surface area (Å²) >= 11 is 2.96. The minimum absolute atomic E-state index is 0.0638. The van der Waals surface area contributed by atoms with E-state index in [1.54, 1.807) is 18.3 Å². The summed E-state index contributed by atoms with van der Waals surface area (Å²) in [6.07, 6.45) is 0. The number of nitrogens with zero attached hydrogens (tertiary/aromatic N) is 2. The molecule has 0 aliphatic rings. The largest absolute Gasteiger partial charge is 0.462 e. The van der Waals surface area contributed by atoms with Crippen LogP contribution in [-0.4, -0.2) is 27.7 Å². The van der Waals surface area contributed by atoms with Gasteiger partial charge in [-0.05, 0) is 42.3 Å². The van der Waals surface area contributed by atoms with E-state index >= 15 is 0 Å². The van der Waals surface area contributed by atoms with Crippen molar-refractivity contribution < 1.29 is 14.6 Å². The maximum atomic E-state index is 11.9. The zero-order chi connectivity index (χ0) is 27.4. The summed E-state index contributed by atoms with van der Waals surface area (Å²) in [7, 11) is 0. The summed E-state index contributed by atoms with van der Waals surface area (Å²) in [4.78, 5) is 22.6. The molecule has 0 fully saturated rings. The molecule has 0 saturated carbocycles. The van der Waals surface area contributed by atoms with Gasteiger partial charge >= 0.3 is 5.97 Å². The maximum absolute atomic E-state index is 11.9. The molecule has 0 unspecified atom stereocenters. The van der Waals surface area contributed by atoms with Gasteiger partial charge in [-0.2, -0.15) is 0 Å². The second-order valence-corrected chi connectivity index (χ2v) is 11.0. The number of thiazole rings is 2. The lowest BCUT2D eigenvalue weighted by atomic mass is 10.1. The third-order valence-electron chi connectivity index (χ3n) is 6.33. The van der Waals surface area contributed by atoms with Gasteiger partial charge in [0.1, 0.15) is 14.9 Å². The Kier molecular flexibility index (Phi) is 8.12. The molecule has 0 aliphatic carbocycles. The number of aliphatic hydroxyl groups excluding tert-OH is 1. The number of hydrogen-bond donors (Lipinski definition) is 1. The van der Waals surface area contributed by atoms with Gasteiger partial charge in [0.25, 0.3) is 0 Å². The van der Waals surface area contributed by atoms with Crippen molar-refractivity contribution in [2.45, 2.75) is 27.4 Å². The molecule has 196 valence electrons. The van der Waals surface area contributed by atoms with E-state index in [-0.39, 0.29) is 12.6 Å². The van der Waals surface area contributed by atoms with Gasteiger partial charge in [0.15, 0.2) is 0 Å². The summed E-state index contributed by atoms with van der Waals surface area (Å²) < 4.78 is 5.08. The van der Waals surface area contributed by atoms with E-state index < -0.39 is 0 Å². The first kappa shape index (κ1) is 26.7. The summed E-state index contributed by atoms with van der Waals surface area (Å²) in [6, 6.07) is 28.8. The molecule has 2 aromatic heterocycles. The number of aromatic nitrogens is 2. The Morgan fingerprint density at radius 1 is 0.744 bits per heavy atom. The molecule has 6 aromatic rings. The second-order valence-electron chi connectivity index (χ2n) is 8.89. The number of carbonyl (C=O) groups excluding carboxylic acids is 1. The molecule has 6 rings (SSSR count). The minimum Gasteiger partial charge on any atom is -0.462 e. The molecule has 0 saturated heterocycles. The number of fused-ring (bicyclic) bond motifs is 2. The van der Waals surface area contributed by atoms with Gasteiger partial charge < -0.3 is 9.84 Å². The number of aliphatic hydroxyl groups is 1. The standard InChI is InChI=1S/C17H15NO2S.C15H13NOS/c1-3-20-17(19)15-11(2)18-16(21-15)14-10-6-8-12-7-4-5-9-13(12)14;1-10-14(9-17)18-15(16-10)13-8-4-6-11-5-2-3-7-12(11)13/h4-10H,3H2,1-2H3;2-8,17H,9H2,1H3. The van der Waals surface area contributed by atoms with Crippen molar-refractivity contribution >= 4 is 50.2 Å². The number of ether oxygens (including phenoxy) is 1. The SMILES string of the molecule is CCOC(=O)c1sc(-c2cccc3ccccc23)nc1C.Cc1nc(-c2cccc3ccccc23)sc1CO. The molecule has 4 aromatic carbocycles. The molecule has 5 nitrogen and oxygen atoms in total. The fourth-order valence-corrected chi connectivity index (χ4v) is 6.37. The quantitative estimate of drug-likeness (QED) is 0.218. The number of benzene rings is 4. The van der Waals surface area contributed by atoms with Crippen LogP contribution in [0.25, 0.3) is 42.7 Å². The first-order chi connectivity index (χ1) is 19.0. The predicted octanol–water partition coefficient (Wildman–Crippen LogP) is 8.21. The highest BCUT2D eigenvalue weighted by atomic mass is 32.1. The summed E-state index contributed by atoms with van der Waals surface area (Å²) in [5, 5.41) is 15.8. The molecule has 0 radical (unpaired) electrons. The van der Waals surface area contributed by atoms with Crippen LogP contribution in [-0.2, 0) is 11.3 Å². The van der Waals surface area contributed by atoms with Crippen molar-refractivity contribution in [1.29, 1.82) is 0 Å². The maximum Gasteiger partial charge on any atom is 0.350 e. The Hall–Kier alpha value is -3.91. The molecule has 0 atom stereocenters. The predicted molar refractivity (Wildman–Crippen MR) is 161 cm³/mol. The van der Waals surface area contributed by atoms with Crippen LogP contribution in [0.5, 0.6) is 0 Å². The topological polar surface area (TPSA) is 72.3 Å². The Bertz CT molecular complexity index is 1760. The molecule has 1 N–H and O–H groups in total. The van der Waals surface area contributed by atoms with E-state index in [1.807, 2.05) is 56.3 Å². The molecule has 0 bridgehead atoms. The van der Waals surface area contributed by atoms with Gasteiger partial charge in [0.05, 0.1) is 29.5 Å². The van der Waals surface area contributed by atoms with E-state index in [9.17, 15) is 9.90 Å². The number of hydrogen-bond acceptors (Lipinski definition) is 7. The van der Waals surface area contributed by atoms with Gasteiger partial charge in [0, 0.05) is 11.1 Å². The Labute approximate surface area is 235 Å². The van der Waals surface area contributed by atoms with Crippen LogP contribution in [0, 0.1) is 13.8 Å². The van der Waals surface area contributed by atoms with Gasteiger partial charge in [-0.25, -0.2) is 14.8 Å². The highest BCUT2D eigenvalue weighted by Gasteiger charge is 2.18. The van der Waals surface area contributed by atoms with Gasteiger partial charge in [-0.1, -0.05) is 84.9 Å². The van der Waals surface area contributed by atoms with Crippen molar-refractivity contribution in [1.82, 2.24) is 9.97 Å². The Morgan fingerprint density at radius 3 is 1.79 bits per heavy atom. The first-order valence-corrected chi connectivity index (χ1v) is 14.3. The minimum atomic E-state index is -0.293. The molecule has 2 heterocycles. The molecule has 0 spiro atoms. The molecule has 0 aliphatic heterocycles. The summed E-state index contributed by atoms with van der Waals surface area (Å²) in [5.41, 5.74) is 3.84. The summed E-state index contributed by atoms with van der Waals surface area (Å²) in [6.45, 7) is 6.03. The van der Waals surface area contributed by atoms with Crippen LogP contribution in [0.1, 0.15) is 32.9 Å². The van der Waals surface area contributed by atoms with Crippen molar-refractivity contribution in [2.75, 3.05) is 6.61 Å². The van der Waals surface area contributed by atoms with E-state index in [0.717, 1.165) is 42.8 Å². The fourth-order valence-electron chi connectivity index (χ4n) is 4.41. The summed E-state index contributed by atoms with van der Waals surface area (Å²) in [5.74, 6) is -0.293. The number of carbonyl (C=O) groups is 1. The average Bonchev–Trinajstić information content (AvgIpc) is 3.54. The molecule has 39 heavy (non-hydrogen) atoms. The fraction of sp³-hybridized carbons (Fsp3) is 0.156. The average molecular weight is 553 g/mol. The van der Waals surface area contributed by atoms with E-state index in [2.05, 4.69) is 52.4 Å². The molecular weight excluding hydrogens is 524 g/mol. The molecule has 7 heteroatoms. The number of esters is 1. The normalized spacial score (nSPS) is 10.9. The van der Waals surface area contributed by atoms with Crippen LogP contribution in [0.2, 0.25) is 0 Å². The zero-order valence-electron chi connectivity index (χ0n) is 22.0. The lowest BCUT2D eigenvalue weighted by molar-refractivity contribution is 0.0531. The van der Waals surface area contributed by atoms with Crippen LogP contribution in [0.15, 0.2) is 84.9 Å². The van der Waals surface area contributed by atoms with E-state index in [4.69, 9.17) is 4.74 Å². The first-order valence-electron chi connectivity index (χ1n) is 12.7. The number of aryl methyl sites for hydroxylation is 2. The highest BCUT2D eigenvalue weighted by Crippen LogP contribution is 2.34.